The fourth-order valence-corrected chi connectivity index (χ4v) is 5.30. The minimum atomic E-state index is -0.468. The normalized spacial score (nSPS) is 15.1. The molecule has 1 aliphatic rings. The smallest absolute Gasteiger partial charge is 0.269 e. The van der Waals surface area contributed by atoms with Gasteiger partial charge in [-0.25, -0.2) is 0 Å². The lowest BCUT2D eigenvalue weighted by Crippen LogP contribution is -2.29. The number of terminal acetylenes is 1. The fraction of sp³-hybridized carbons (Fsp3) is 0.351. The Kier molecular flexibility index (Phi) is 16.0. The van der Waals surface area contributed by atoms with Crippen LogP contribution >= 0.6 is 0 Å². The van der Waals surface area contributed by atoms with Crippen LogP contribution in [0.1, 0.15) is 81.2 Å². The van der Waals surface area contributed by atoms with Gasteiger partial charge in [-0.1, -0.05) is 58.8 Å². The van der Waals surface area contributed by atoms with E-state index < -0.39 is 4.92 Å². The Bertz CT molecular complexity index is 1430. The van der Waals surface area contributed by atoms with Gasteiger partial charge in [0.25, 0.3) is 5.69 Å². The lowest BCUT2D eigenvalue weighted by Gasteiger charge is -2.39. The molecule has 0 bridgehead atoms. The van der Waals surface area contributed by atoms with Crippen LogP contribution in [0, 0.1) is 34.3 Å². The summed E-state index contributed by atoms with van der Waals surface area (Å²) in [5, 5.41) is 49.8. The van der Waals surface area contributed by atoms with Crippen molar-refractivity contribution in [2.45, 2.75) is 59.8 Å². The zero-order valence-corrected chi connectivity index (χ0v) is 27.2. The quantitative estimate of drug-likeness (QED) is 0.0860. The molecule has 3 aromatic carbocycles. The second kappa shape index (κ2) is 18.8. The van der Waals surface area contributed by atoms with E-state index in [1.165, 1.54) is 38.5 Å². The van der Waals surface area contributed by atoms with Gasteiger partial charge in [-0.05, 0) is 95.3 Å². The van der Waals surface area contributed by atoms with E-state index in [1.54, 1.807) is 48.6 Å². The summed E-state index contributed by atoms with van der Waals surface area (Å²) in [6.07, 6.45) is 20.4. The van der Waals surface area contributed by atoms with Gasteiger partial charge >= 0.3 is 0 Å². The van der Waals surface area contributed by atoms with E-state index in [1.807, 2.05) is 26.0 Å². The summed E-state index contributed by atoms with van der Waals surface area (Å²) >= 11 is 0. The van der Waals surface area contributed by atoms with Crippen molar-refractivity contribution in [2.24, 2.45) is 11.3 Å². The van der Waals surface area contributed by atoms with Crippen LogP contribution in [0.2, 0.25) is 0 Å². The maximum atomic E-state index is 10.8. The monoisotopic (exact) mass is 617 g/mol. The molecule has 1 unspecified atom stereocenters. The average molecular weight is 618 g/mol. The Labute approximate surface area is 267 Å². The highest BCUT2D eigenvalue weighted by atomic mass is 16.6. The molecular formula is C37H47NO7. The molecule has 8 nitrogen and oxygen atoms in total. The highest BCUT2D eigenvalue weighted by molar-refractivity contribution is 5.79. The Hall–Kier alpha value is -4.74. The third kappa shape index (κ3) is 10.7. The number of rotatable bonds is 8. The van der Waals surface area contributed by atoms with Gasteiger partial charge in [-0.3, -0.25) is 10.1 Å². The first-order valence-corrected chi connectivity index (χ1v) is 14.9. The molecule has 3 aromatic rings. The molecule has 4 rings (SSSR count). The van der Waals surface area contributed by atoms with Gasteiger partial charge in [-0.15, -0.1) is 12.8 Å². The molecule has 1 atom stereocenters. The van der Waals surface area contributed by atoms with E-state index in [0.29, 0.717) is 22.8 Å². The number of benzene rings is 3. The van der Waals surface area contributed by atoms with E-state index in [9.17, 15) is 25.4 Å². The summed E-state index contributed by atoms with van der Waals surface area (Å²) < 4.78 is 5.45. The van der Waals surface area contributed by atoms with Gasteiger partial charge in [-0.2, -0.15) is 0 Å². The first-order chi connectivity index (χ1) is 21.6. The number of methoxy groups -OCH3 is 1. The minimum absolute atomic E-state index is 0.00909. The number of hydrogen-bond acceptors (Lipinski definition) is 7. The summed E-state index contributed by atoms with van der Waals surface area (Å²) in [7, 11) is 2.54. The van der Waals surface area contributed by atoms with Gasteiger partial charge in [0.1, 0.15) is 11.5 Å². The van der Waals surface area contributed by atoms with Crippen molar-refractivity contribution in [2.75, 3.05) is 14.2 Å². The van der Waals surface area contributed by atoms with Crippen LogP contribution < -0.4 is 4.74 Å². The number of aliphatic hydroxyl groups excluding tert-OH is 1. The summed E-state index contributed by atoms with van der Waals surface area (Å²) in [4.78, 5) is 10.4. The number of nitro groups is 1. The van der Waals surface area contributed by atoms with E-state index in [2.05, 4.69) is 26.7 Å². The maximum absolute atomic E-state index is 10.8. The molecule has 8 heteroatoms. The number of aliphatic hydroxyl groups is 1. The number of hydrogen-bond donors (Lipinski definition) is 4. The minimum Gasteiger partial charge on any atom is -0.507 e. The molecule has 0 radical (unpaired) electrons. The Morgan fingerprint density at radius 3 is 1.93 bits per heavy atom. The average Bonchev–Trinajstić information content (AvgIpc) is 3.04. The Balaban J connectivity index is 0.00000159. The predicted octanol–water partition coefficient (Wildman–Crippen LogP) is 8.70. The molecule has 1 saturated carbocycles. The SMILES string of the molecule is C#C.CC.CO.COc1cc(/C=C/c2cc(O)c(/C=C/c3ccc([N+](=O)[O-])cc3)c(O)c2)cc(CC2CCCCC2(C)C)c1O. The predicted molar refractivity (Wildman–Crippen MR) is 184 cm³/mol. The molecule has 1 aliphatic carbocycles. The molecule has 0 amide bonds. The zero-order chi connectivity index (χ0) is 34.2. The number of ether oxygens (including phenoxy) is 1. The van der Waals surface area contributed by atoms with Crippen LogP contribution in [0.25, 0.3) is 24.3 Å². The van der Waals surface area contributed by atoms with Crippen molar-refractivity contribution < 1.29 is 30.1 Å². The Morgan fingerprint density at radius 2 is 1.42 bits per heavy atom. The van der Waals surface area contributed by atoms with Crippen LogP contribution in [0.5, 0.6) is 23.0 Å². The highest BCUT2D eigenvalue weighted by Gasteiger charge is 2.32. The first kappa shape index (κ1) is 38.3. The van der Waals surface area contributed by atoms with Crippen molar-refractivity contribution >= 4 is 30.0 Å². The molecule has 242 valence electrons. The first-order valence-electron chi connectivity index (χ1n) is 14.9. The fourth-order valence-electron chi connectivity index (χ4n) is 5.30. The molecule has 1 fully saturated rings. The topological polar surface area (TPSA) is 133 Å². The van der Waals surface area contributed by atoms with Gasteiger partial charge < -0.3 is 25.2 Å². The largest absolute Gasteiger partial charge is 0.507 e. The molecule has 0 spiro atoms. The molecule has 0 heterocycles. The van der Waals surface area contributed by atoms with Crippen molar-refractivity contribution in [3.8, 4) is 35.8 Å². The van der Waals surface area contributed by atoms with Crippen LogP contribution in [-0.4, -0.2) is 39.6 Å². The summed E-state index contributed by atoms with van der Waals surface area (Å²) in [6, 6.07) is 12.8. The lowest BCUT2D eigenvalue weighted by atomic mass is 9.67. The van der Waals surface area contributed by atoms with Crippen LogP contribution in [0.3, 0.4) is 0 Å². The van der Waals surface area contributed by atoms with Crippen molar-refractivity contribution in [3.05, 3.63) is 86.5 Å². The van der Waals surface area contributed by atoms with E-state index in [-0.39, 0.29) is 33.9 Å². The van der Waals surface area contributed by atoms with Gasteiger partial charge in [0.2, 0.25) is 0 Å². The Morgan fingerprint density at radius 1 is 0.889 bits per heavy atom. The van der Waals surface area contributed by atoms with Crippen molar-refractivity contribution in [1.29, 1.82) is 0 Å². The standard InChI is InChI=1S/C32H35NO6.C2H6.C2H2.CH4O/c1-32(2)15-5-4-6-25(32)20-24-16-22(19-30(39-3)31(24)36)7-8-23-17-28(34)27(29(35)18-23)14-11-21-9-12-26(13-10-21)33(37)38;3*1-2/h7-14,16-19,25,34-36H,4-6,15,20H2,1-3H3;1-2H3;1-2H;2H,1H3/b8-7+,14-11+;;;. The molecule has 45 heavy (non-hydrogen) atoms. The molecule has 0 saturated heterocycles. The van der Waals surface area contributed by atoms with Gasteiger partial charge in [0, 0.05) is 19.2 Å². The number of aromatic hydroxyl groups is 3. The molecule has 0 aliphatic heterocycles. The van der Waals surface area contributed by atoms with E-state index >= 15 is 0 Å². The zero-order valence-electron chi connectivity index (χ0n) is 27.2. The number of nitrogens with zero attached hydrogens (tertiary/aromatic N) is 1. The third-order valence-electron chi connectivity index (χ3n) is 7.76. The van der Waals surface area contributed by atoms with Crippen molar-refractivity contribution in [1.82, 2.24) is 0 Å². The van der Waals surface area contributed by atoms with E-state index in [0.717, 1.165) is 31.1 Å². The maximum Gasteiger partial charge on any atom is 0.269 e. The number of nitro benzene ring substituents is 1. The molecular weight excluding hydrogens is 570 g/mol. The van der Waals surface area contributed by atoms with E-state index in [4.69, 9.17) is 9.84 Å². The molecule has 0 aromatic heterocycles. The van der Waals surface area contributed by atoms with Crippen molar-refractivity contribution in [3.63, 3.8) is 0 Å². The van der Waals surface area contributed by atoms with Gasteiger partial charge in [0.15, 0.2) is 11.5 Å². The summed E-state index contributed by atoms with van der Waals surface area (Å²) in [5.74, 6) is 0.864. The van der Waals surface area contributed by atoms with Crippen LogP contribution in [0.4, 0.5) is 5.69 Å². The molecule has 4 N–H and O–H groups in total. The van der Waals surface area contributed by atoms with Crippen LogP contribution in [0.15, 0.2) is 48.5 Å². The number of phenolic OH excluding ortho intramolecular Hbond substituents is 3. The lowest BCUT2D eigenvalue weighted by molar-refractivity contribution is -0.384. The second-order valence-electron chi connectivity index (χ2n) is 10.9. The highest BCUT2D eigenvalue weighted by Crippen LogP contribution is 2.44. The summed E-state index contributed by atoms with van der Waals surface area (Å²) in [5.41, 5.74) is 3.43. The number of phenols is 3. The second-order valence-corrected chi connectivity index (χ2v) is 10.9. The summed E-state index contributed by atoms with van der Waals surface area (Å²) in [6.45, 7) is 8.61. The van der Waals surface area contributed by atoms with Gasteiger partial charge in [0.05, 0.1) is 17.6 Å². The third-order valence-corrected chi connectivity index (χ3v) is 7.76. The van der Waals surface area contributed by atoms with Crippen LogP contribution in [-0.2, 0) is 6.42 Å². The number of non-ortho nitro benzene ring substituents is 1.